The summed E-state index contributed by atoms with van der Waals surface area (Å²) in [4.78, 5) is 4.36. The van der Waals surface area contributed by atoms with Crippen LogP contribution >= 0.6 is 0 Å². The number of nitrogens with one attached hydrogen (secondary N) is 1. The second-order valence-corrected chi connectivity index (χ2v) is 5.09. The summed E-state index contributed by atoms with van der Waals surface area (Å²) in [7, 11) is 0. The van der Waals surface area contributed by atoms with Crippen molar-refractivity contribution in [3.8, 4) is 0 Å². The maximum absolute atomic E-state index is 4.36. The largest absolute Gasteiger partial charge is 0.308 e. The minimum atomic E-state index is 0.143. The van der Waals surface area contributed by atoms with E-state index in [9.17, 15) is 0 Å². The van der Waals surface area contributed by atoms with Gasteiger partial charge in [-0.1, -0.05) is 18.2 Å². The van der Waals surface area contributed by atoms with Crippen molar-refractivity contribution in [3.05, 3.63) is 42.1 Å². The van der Waals surface area contributed by atoms with Crippen LogP contribution in [0.2, 0.25) is 0 Å². The lowest BCUT2D eigenvalue weighted by molar-refractivity contribution is 0.425. The van der Waals surface area contributed by atoms with Crippen LogP contribution in [-0.2, 0) is 6.54 Å². The van der Waals surface area contributed by atoms with Crippen LogP contribution in [0.4, 0.5) is 0 Å². The molecule has 0 radical (unpaired) electrons. The number of rotatable bonds is 2. The quantitative estimate of drug-likeness (QED) is 0.830. The number of aromatic nitrogens is 1. The Labute approximate surface area is 96.7 Å². The van der Waals surface area contributed by atoms with E-state index in [-0.39, 0.29) is 5.54 Å². The van der Waals surface area contributed by atoms with Gasteiger partial charge >= 0.3 is 0 Å². The molecule has 2 nitrogen and oxygen atoms in total. The van der Waals surface area contributed by atoms with Crippen LogP contribution in [0.25, 0.3) is 10.9 Å². The van der Waals surface area contributed by atoms with Gasteiger partial charge in [-0.15, -0.1) is 0 Å². The van der Waals surface area contributed by atoms with E-state index in [0.717, 1.165) is 12.1 Å². The Morgan fingerprint density at radius 1 is 1.12 bits per heavy atom. The van der Waals surface area contributed by atoms with E-state index in [1.54, 1.807) is 0 Å². The highest BCUT2D eigenvalue weighted by atomic mass is 14.9. The summed E-state index contributed by atoms with van der Waals surface area (Å²) in [6.07, 6.45) is 1.88. The molecular weight excluding hydrogens is 196 g/mol. The van der Waals surface area contributed by atoms with Crippen LogP contribution in [0, 0.1) is 0 Å². The third-order valence-corrected chi connectivity index (χ3v) is 2.55. The predicted molar refractivity (Wildman–Crippen MR) is 68.3 cm³/mol. The van der Waals surface area contributed by atoms with Crippen LogP contribution in [0.5, 0.6) is 0 Å². The molecule has 1 N–H and O–H groups in total. The first-order valence-electron chi connectivity index (χ1n) is 5.64. The first-order chi connectivity index (χ1) is 7.56. The van der Waals surface area contributed by atoms with E-state index in [2.05, 4.69) is 55.3 Å². The van der Waals surface area contributed by atoms with Gasteiger partial charge in [0.2, 0.25) is 0 Å². The van der Waals surface area contributed by atoms with E-state index in [1.807, 2.05) is 12.3 Å². The number of pyridine rings is 1. The summed E-state index contributed by atoms with van der Waals surface area (Å²) in [6.45, 7) is 7.41. The molecule has 0 saturated heterocycles. The molecule has 1 aromatic heterocycles. The van der Waals surface area contributed by atoms with Crippen molar-refractivity contribution < 1.29 is 0 Å². The normalized spacial score (nSPS) is 11.9. The molecule has 16 heavy (non-hydrogen) atoms. The molecule has 1 heterocycles. The molecule has 0 fully saturated rings. The zero-order valence-corrected chi connectivity index (χ0v) is 10.1. The minimum absolute atomic E-state index is 0.143. The van der Waals surface area contributed by atoms with Gasteiger partial charge in [0.15, 0.2) is 0 Å². The number of hydrogen-bond acceptors (Lipinski definition) is 2. The highest BCUT2D eigenvalue weighted by Crippen LogP contribution is 2.16. The summed E-state index contributed by atoms with van der Waals surface area (Å²) in [6, 6.07) is 10.3. The Morgan fingerprint density at radius 2 is 1.88 bits per heavy atom. The molecule has 0 unspecified atom stereocenters. The molecule has 84 valence electrons. The molecule has 0 atom stereocenters. The summed E-state index contributed by atoms with van der Waals surface area (Å²) in [5, 5.41) is 4.74. The smallest absolute Gasteiger partial charge is 0.0705 e. The molecule has 0 spiro atoms. The van der Waals surface area contributed by atoms with Gasteiger partial charge in [-0.05, 0) is 38.5 Å². The molecule has 0 amide bonds. The van der Waals surface area contributed by atoms with Gasteiger partial charge in [0, 0.05) is 23.7 Å². The average Bonchev–Trinajstić information content (AvgIpc) is 2.25. The van der Waals surface area contributed by atoms with Crippen molar-refractivity contribution in [1.82, 2.24) is 10.3 Å². The van der Waals surface area contributed by atoms with Crippen molar-refractivity contribution >= 4 is 10.9 Å². The first-order valence-corrected chi connectivity index (χ1v) is 5.64. The van der Waals surface area contributed by atoms with Gasteiger partial charge in [-0.25, -0.2) is 0 Å². The first kappa shape index (κ1) is 11.1. The molecule has 2 rings (SSSR count). The molecule has 2 heteroatoms. The Bertz CT molecular complexity index is 478. The van der Waals surface area contributed by atoms with Crippen LogP contribution in [0.15, 0.2) is 36.5 Å². The van der Waals surface area contributed by atoms with Gasteiger partial charge in [-0.2, -0.15) is 0 Å². The van der Waals surface area contributed by atoms with E-state index in [0.29, 0.717) is 0 Å². The van der Waals surface area contributed by atoms with Crippen LogP contribution in [0.3, 0.4) is 0 Å². The van der Waals surface area contributed by atoms with E-state index < -0.39 is 0 Å². The maximum atomic E-state index is 4.36. The fourth-order valence-electron chi connectivity index (χ4n) is 1.67. The van der Waals surface area contributed by atoms with Crippen LogP contribution < -0.4 is 5.32 Å². The van der Waals surface area contributed by atoms with Crippen molar-refractivity contribution in [3.63, 3.8) is 0 Å². The van der Waals surface area contributed by atoms with Crippen molar-refractivity contribution in [1.29, 1.82) is 0 Å². The van der Waals surface area contributed by atoms with Crippen molar-refractivity contribution in [2.45, 2.75) is 32.9 Å². The standard InChI is InChI=1S/C14H18N2/c1-14(2,3)16-10-11-8-9-15-13-7-5-4-6-12(11)13/h4-9,16H,10H2,1-3H3. The van der Waals surface area contributed by atoms with E-state index >= 15 is 0 Å². The third kappa shape index (κ3) is 2.58. The molecule has 2 aromatic rings. The van der Waals surface area contributed by atoms with Gasteiger partial charge < -0.3 is 5.32 Å². The Hall–Kier alpha value is -1.41. The van der Waals surface area contributed by atoms with Crippen molar-refractivity contribution in [2.24, 2.45) is 0 Å². The van der Waals surface area contributed by atoms with Gasteiger partial charge in [0.05, 0.1) is 5.52 Å². The molecule has 0 bridgehead atoms. The van der Waals surface area contributed by atoms with E-state index in [4.69, 9.17) is 0 Å². The molecule has 0 aliphatic heterocycles. The number of para-hydroxylation sites is 1. The number of benzene rings is 1. The lowest BCUT2D eigenvalue weighted by atomic mass is 10.1. The lowest BCUT2D eigenvalue weighted by Crippen LogP contribution is -2.35. The summed E-state index contributed by atoms with van der Waals surface area (Å²) in [5.41, 5.74) is 2.51. The van der Waals surface area contributed by atoms with Gasteiger partial charge in [-0.3, -0.25) is 4.98 Å². The van der Waals surface area contributed by atoms with E-state index in [1.165, 1.54) is 10.9 Å². The molecular formula is C14H18N2. The highest BCUT2D eigenvalue weighted by Gasteiger charge is 2.09. The Kier molecular flexibility index (Phi) is 2.92. The average molecular weight is 214 g/mol. The third-order valence-electron chi connectivity index (χ3n) is 2.55. The molecule has 0 saturated carbocycles. The second kappa shape index (κ2) is 4.22. The maximum Gasteiger partial charge on any atom is 0.0705 e. The molecule has 1 aromatic carbocycles. The van der Waals surface area contributed by atoms with Crippen LogP contribution in [0.1, 0.15) is 26.3 Å². The summed E-state index contributed by atoms with van der Waals surface area (Å²) >= 11 is 0. The summed E-state index contributed by atoms with van der Waals surface area (Å²) < 4.78 is 0. The Morgan fingerprint density at radius 3 is 2.62 bits per heavy atom. The molecule has 0 aliphatic rings. The SMILES string of the molecule is CC(C)(C)NCc1ccnc2ccccc12. The monoisotopic (exact) mass is 214 g/mol. The molecule has 0 aliphatic carbocycles. The fourth-order valence-corrected chi connectivity index (χ4v) is 1.67. The Balaban J connectivity index is 2.30. The number of hydrogen-bond donors (Lipinski definition) is 1. The number of nitrogens with zero attached hydrogens (tertiary/aromatic N) is 1. The zero-order valence-electron chi connectivity index (χ0n) is 10.1. The van der Waals surface area contributed by atoms with Crippen molar-refractivity contribution in [2.75, 3.05) is 0 Å². The van der Waals surface area contributed by atoms with Crippen LogP contribution in [-0.4, -0.2) is 10.5 Å². The fraction of sp³-hybridized carbons (Fsp3) is 0.357. The van der Waals surface area contributed by atoms with Gasteiger partial charge in [0.1, 0.15) is 0 Å². The highest BCUT2D eigenvalue weighted by molar-refractivity contribution is 5.81. The predicted octanol–water partition coefficient (Wildman–Crippen LogP) is 3.12. The number of fused-ring (bicyclic) bond motifs is 1. The lowest BCUT2D eigenvalue weighted by Gasteiger charge is -2.21. The minimum Gasteiger partial charge on any atom is -0.308 e. The summed E-state index contributed by atoms with van der Waals surface area (Å²) in [5.74, 6) is 0. The topological polar surface area (TPSA) is 24.9 Å². The van der Waals surface area contributed by atoms with Gasteiger partial charge in [0.25, 0.3) is 0 Å². The second-order valence-electron chi connectivity index (χ2n) is 5.09. The zero-order chi connectivity index (χ0) is 11.6.